The quantitative estimate of drug-likeness (QED) is 0.703. The molecule has 3 heterocycles. The highest BCUT2D eigenvalue weighted by Crippen LogP contribution is 2.43. The van der Waals surface area contributed by atoms with Gasteiger partial charge in [0.2, 0.25) is 11.8 Å². The average molecular weight is 403 g/mol. The molecular weight excluding hydrogens is 378 g/mol. The highest BCUT2D eigenvalue weighted by atomic mass is 16.3. The van der Waals surface area contributed by atoms with Crippen LogP contribution in [0.5, 0.6) is 0 Å². The number of rotatable bonds is 4. The molecule has 2 aromatic carbocycles. The van der Waals surface area contributed by atoms with Crippen LogP contribution < -0.4 is 0 Å². The van der Waals surface area contributed by atoms with Crippen molar-refractivity contribution >= 4 is 22.7 Å². The first-order valence-electron chi connectivity index (χ1n) is 10.5. The van der Waals surface area contributed by atoms with Crippen LogP contribution in [0.2, 0.25) is 0 Å². The number of carbonyl (C=O) groups is 2. The SMILES string of the molecule is Cc1ccccc1[C@@H]1c2[nH]c3ccccc3c2C[C@H]2C(=O)N(CCCO)CC(=O)N12. The molecule has 0 radical (unpaired) electrons. The van der Waals surface area contributed by atoms with E-state index in [0.717, 1.165) is 33.3 Å². The fourth-order valence-electron chi connectivity index (χ4n) is 4.99. The van der Waals surface area contributed by atoms with Gasteiger partial charge in [-0.15, -0.1) is 0 Å². The number of nitrogens with zero attached hydrogens (tertiary/aromatic N) is 2. The number of hydrogen-bond acceptors (Lipinski definition) is 3. The standard InChI is InChI=1S/C24H25N3O3/c1-15-7-2-3-8-16(15)23-22-18(17-9-4-5-10-19(17)25-22)13-20-24(30)26(11-6-12-28)14-21(29)27(20)23/h2-5,7-10,20,23,25,28H,6,11-14H2,1H3/t20-,23+/m0/s1. The van der Waals surface area contributed by atoms with E-state index in [1.807, 2.05) is 49.4 Å². The second kappa shape index (κ2) is 7.29. The predicted octanol–water partition coefficient (Wildman–Crippen LogP) is 2.54. The van der Waals surface area contributed by atoms with Crippen molar-refractivity contribution in [2.75, 3.05) is 19.7 Å². The van der Waals surface area contributed by atoms with Crippen molar-refractivity contribution in [2.24, 2.45) is 0 Å². The summed E-state index contributed by atoms with van der Waals surface area (Å²) in [5.41, 5.74) is 5.28. The third kappa shape index (κ3) is 2.82. The van der Waals surface area contributed by atoms with Gasteiger partial charge in [-0.2, -0.15) is 0 Å². The molecule has 0 bridgehead atoms. The summed E-state index contributed by atoms with van der Waals surface area (Å²) < 4.78 is 0. The van der Waals surface area contributed by atoms with Crippen LogP contribution >= 0.6 is 0 Å². The Balaban J connectivity index is 1.68. The summed E-state index contributed by atoms with van der Waals surface area (Å²) in [6, 6.07) is 15.3. The van der Waals surface area contributed by atoms with Gasteiger partial charge in [-0.05, 0) is 36.1 Å². The Kier molecular flexibility index (Phi) is 4.59. The highest BCUT2D eigenvalue weighted by molar-refractivity contribution is 5.97. The Morgan fingerprint density at radius 3 is 2.67 bits per heavy atom. The summed E-state index contributed by atoms with van der Waals surface area (Å²) >= 11 is 0. The van der Waals surface area contributed by atoms with E-state index in [-0.39, 0.29) is 31.0 Å². The first-order valence-corrected chi connectivity index (χ1v) is 10.5. The van der Waals surface area contributed by atoms with E-state index < -0.39 is 6.04 Å². The van der Waals surface area contributed by atoms with Crippen LogP contribution in [0, 0.1) is 6.92 Å². The first-order chi connectivity index (χ1) is 14.6. The molecule has 2 atom stereocenters. The number of aromatic amines is 1. The van der Waals surface area contributed by atoms with Crippen LogP contribution in [0.15, 0.2) is 48.5 Å². The number of benzene rings is 2. The number of H-pyrrole nitrogens is 1. The van der Waals surface area contributed by atoms with Gasteiger partial charge >= 0.3 is 0 Å². The van der Waals surface area contributed by atoms with E-state index in [9.17, 15) is 14.7 Å². The fraction of sp³-hybridized carbons (Fsp3) is 0.333. The van der Waals surface area contributed by atoms with Gasteiger partial charge in [0.1, 0.15) is 6.04 Å². The predicted molar refractivity (Wildman–Crippen MR) is 114 cm³/mol. The number of carbonyl (C=O) groups excluding carboxylic acids is 2. The number of nitrogens with one attached hydrogen (secondary N) is 1. The van der Waals surface area contributed by atoms with Gasteiger partial charge in [-0.3, -0.25) is 9.59 Å². The maximum Gasteiger partial charge on any atom is 0.246 e. The molecule has 30 heavy (non-hydrogen) atoms. The molecule has 0 aliphatic carbocycles. The zero-order chi connectivity index (χ0) is 20.8. The van der Waals surface area contributed by atoms with Gasteiger partial charge in [0, 0.05) is 36.2 Å². The molecule has 5 rings (SSSR count). The van der Waals surface area contributed by atoms with Crippen molar-refractivity contribution in [1.29, 1.82) is 0 Å². The van der Waals surface area contributed by atoms with Crippen LogP contribution in [-0.4, -0.2) is 57.4 Å². The zero-order valence-corrected chi connectivity index (χ0v) is 17.0. The van der Waals surface area contributed by atoms with Crippen LogP contribution in [0.4, 0.5) is 0 Å². The Morgan fingerprint density at radius 1 is 1.10 bits per heavy atom. The minimum absolute atomic E-state index is 0.00474. The van der Waals surface area contributed by atoms with Crippen LogP contribution in [-0.2, 0) is 16.0 Å². The second-order valence-electron chi connectivity index (χ2n) is 8.18. The number of amides is 2. The van der Waals surface area contributed by atoms with Crippen LogP contribution in [0.25, 0.3) is 10.9 Å². The number of para-hydroxylation sites is 1. The lowest BCUT2D eigenvalue weighted by molar-refractivity contribution is -0.158. The van der Waals surface area contributed by atoms with Gasteiger partial charge in [-0.1, -0.05) is 42.5 Å². The summed E-state index contributed by atoms with van der Waals surface area (Å²) in [5, 5.41) is 10.3. The average Bonchev–Trinajstić information content (AvgIpc) is 3.13. The number of aryl methyl sites for hydroxylation is 1. The molecule has 1 fully saturated rings. The molecule has 3 aromatic rings. The summed E-state index contributed by atoms with van der Waals surface area (Å²) in [5.74, 6) is -0.0762. The largest absolute Gasteiger partial charge is 0.396 e. The topological polar surface area (TPSA) is 76.6 Å². The Morgan fingerprint density at radius 2 is 1.87 bits per heavy atom. The Bertz CT molecular complexity index is 1140. The number of aliphatic hydroxyl groups excluding tert-OH is 1. The molecule has 1 saturated heterocycles. The molecular formula is C24H25N3O3. The third-order valence-electron chi connectivity index (χ3n) is 6.41. The summed E-state index contributed by atoms with van der Waals surface area (Å²) in [7, 11) is 0. The summed E-state index contributed by atoms with van der Waals surface area (Å²) in [6.45, 7) is 2.52. The van der Waals surface area contributed by atoms with Crippen molar-refractivity contribution in [2.45, 2.75) is 31.8 Å². The molecule has 0 saturated carbocycles. The fourth-order valence-corrected chi connectivity index (χ4v) is 4.99. The molecule has 0 spiro atoms. The maximum absolute atomic E-state index is 13.4. The lowest BCUT2D eigenvalue weighted by Crippen LogP contribution is -2.63. The Labute approximate surface area is 175 Å². The number of fused-ring (bicyclic) bond motifs is 4. The lowest BCUT2D eigenvalue weighted by Gasteiger charge is -2.47. The van der Waals surface area contributed by atoms with E-state index >= 15 is 0 Å². The molecule has 6 nitrogen and oxygen atoms in total. The number of aliphatic hydroxyl groups is 1. The van der Waals surface area contributed by atoms with Gasteiger partial charge in [-0.25, -0.2) is 0 Å². The van der Waals surface area contributed by atoms with Crippen molar-refractivity contribution in [1.82, 2.24) is 14.8 Å². The van der Waals surface area contributed by atoms with Crippen molar-refractivity contribution < 1.29 is 14.7 Å². The minimum atomic E-state index is -0.527. The van der Waals surface area contributed by atoms with E-state index in [4.69, 9.17) is 0 Å². The normalized spacial score (nSPS) is 21.1. The minimum Gasteiger partial charge on any atom is -0.396 e. The van der Waals surface area contributed by atoms with Gasteiger partial charge < -0.3 is 19.9 Å². The zero-order valence-electron chi connectivity index (χ0n) is 17.0. The summed E-state index contributed by atoms with van der Waals surface area (Å²) in [6.07, 6.45) is 0.979. The van der Waals surface area contributed by atoms with E-state index in [0.29, 0.717) is 19.4 Å². The highest BCUT2D eigenvalue weighted by Gasteiger charge is 2.48. The molecule has 6 heteroatoms. The Hall–Kier alpha value is -3.12. The molecule has 2 aliphatic rings. The number of aromatic nitrogens is 1. The van der Waals surface area contributed by atoms with Crippen molar-refractivity contribution in [3.05, 3.63) is 70.9 Å². The molecule has 2 N–H and O–H groups in total. The van der Waals surface area contributed by atoms with E-state index in [2.05, 4.69) is 11.1 Å². The van der Waals surface area contributed by atoms with Gasteiger partial charge in [0.25, 0.3) is 0 Å². The molecule has 0 unspecified atom stereocenters. The number of piperazine rings is 1. The monoisotopic (exact) mass is 403 g/mol. The van der Waals surface area contributed by atoms with Crippen LogP contribution in [0.1, 0.15) is 34.8 Å². The maximum atomic E-state index is 13.4. The third-order valence-corrected chi connectivity index (χ3v) is 6.41. The number of hydrogen-bond donors (Lipinski definition) is 2. The van der Waals surface area contributed by atoms with Gasteiger partial charge in [0.15, 0.2) is 0 Å². The van der Waals surface area contributed by atoms with Crippen LogP contribution in [0.3, 0.4) is 0 Å². The lowest BCUT2D eigenvalue weighted by atomic mass is 9.85. The second-order valence-corrected chi connectivity index (χ2v) is 8.18. The van der Waals surface area contributed by atoms with E-state index in [1.54, 1.807) is 9.80 Å². The smallest absolute Gasteiger partial charge is 0.246 e. The van der Waals surface area contributed by atoms with Crippen molar-refractivity contribution in [3.8, 4) is 0 Å². The summed E-state index contributed by atoms with van der Waals surface area (Å²) in [4.78, 5) is 33.7. The molecule has 1 aromatic heterocycles. The first kappa shape index (κ1) is 18.9. The van der Waals surface area contributed by atoms with Crippen molar-refractivity contribution in [3.63, 3.8) is 0 Å². The molecule has 2 aliphatic heterocycles. The molecule has 2 amide bonds. The van der Waals surface area contributed by atoms with Gasteiger partial charge in [0.05, 0.1) is 12.6 Å². The van der Waals surface area contributed by atoms with E-state index in [1.165, 1.54) is 0 Å². The molecule has 154 valence electrons.